The van der Waals surface area contributed by atoms with Crippen LogP contribution in [0.5, 0.6) is 0 Å². The summed E-state index contributed by atoms with van der Waals surface area (Å²) in [5, 5.41) is 13.0. The van der Waals surface area contributed by atoms with E-state index in [4.69, 9.17) is 0 Å². The number of benzene rings is 1. The Balaban J connectivity index is 2.33. The fourth-order valence-electron chi connectivity index (χ4n) is 1.86. The predicted molar refractivity (Wildman–Crippen MR) is 66.5 cm³/mol. The lowest BCUT2D eigenvalue weighted by atomic mass is 9.91. The van der Waals surface area contributed by atoms with Crippen LogP contribution in [0, 0.1) is 18.6 Å². The molecule has 0 bridgehead atoms. The highest BCUT2D eigenvalue weighted by atomic mass is 32.1. The molecule has 0 saturated heterocycles. The van der Waals surface area contributed by atoms with Crippen LogP contribution in [0.4, 0.5) is 8.78 Å². The number of thiazole rings is 1. The lowest BCUT2D eigenvalue weighted by Gasteiger charge is -2.23. The van der Waals surface area contributed by atoms with Crippen molar-refractivity contribution in [3.63, 3.8) is 0 Å². The van der Waals surface area contributed by atoms with Gasteiger partial charge in [-0.3, -0.25) is 0 Å². The van der Waals surface area contributed by atoms with Crippen molar-refractivity contribution in [3.05, 3.63) is 51.5 Å². The molecule has 1 atom stereocenters. The third kappa shape index (κ3) is 2.57. The van der Waals surface area contributed by atoms with Crippen LogP contribution in [0.2, 0.25) is 0 Å². The van der Waals surface area contributed by atoms with Gasteiger partial charge in [0.15, 0.2) is 11.6 Å². The third-order valence-corrected chi connectivity index (χ3v) is 3.55. The van der Waals surface area contributed by atoms with E-state index in [-0.39, 0.29) is 12.0 Å². The van der Waals surface area contributed by atoms with Gasteiger partial charge in [-0.25, -0.2) is 13.8 Å². The van der Waals surface area contributed by atoms with Crippen molar-refractivity contribution < 1.29 is 13.9 Å². The van der Waals surface area contributed by atoms with E-state index < -0.39 is 17.2 Å². The molecule has 1 unspecified atom stereocenters. The number of halogens is 2. The fourth-order valence-corrected chi connectivity index (χ4v) is 2.47. The number of hydrogen-bond donors (Lipinski definition) is 1. The summed E-state index contributed by atoms with van der Waals surface area (Å²) in [4.78, 5) is 4.22. The summed E-state index contributed by atoms with van der Waals surface area (Å²) in [5.41, 5.74) is -0.855. The molecule has 0 saturated carbocycles. The summed E-state index contributed by atoms with van der Waals surface area (Å²) < 4.78 is 26.8. The number of rotatable bonds is 3. The normalized spacial score (nSPS) is 14.5. The van der Waals surface area contributed by atoms with Crippen molar-refractivity contribution >= 4 is 11.3 Å². The Bertz CT molecular complexity index is 566. The van der Waals surface area contributed by atoms with Crippen molar-refractivity contribution in [2.75, 3.05) is 0 Å². The molecule has 0 radical (unpaired) electrons. The summed E-state index contributed by atoms with van der Waals surface area (Å²) in [6.45, 7) is 3.31. The van der Waals surface area contributed by atoms with Gasteiger partial charge in [0.1, 0.15) is 0 Å². The molecular formula is C13H13F2NOS. The Morgan fingerprint density at radius 1 is 1.39 bits per heavy atom. The van der Waals surface area contributed by atoms with Gasteiger partial charge in [-0.15, -0.1) is 11.3 Å². The lowest BCUT2D eigenvalue weighted by Crippen LogP contribution is -2.26. The number of nitrogens with zero attached hydrogens (tertiary/aromatic N) is 1. The van der Waals surface area contributed by atoms with Gasteiger partial charge in [-0.1, -0.05) is 12.1 Å². The van der Waals surface area contributed by atoms with Crippen LogP contribution >= 0.6 is 11.3 Å². The molecule has 1 aromatic heterocycles. The maximum Gasteiger partial charge on any atom is 0.164 e. The standard InChI is InChI=1S/C13H13F2NOS/c1-8-16-9(7-18-8)6-13(2,17)10-4-3-5-11(14)12(10)15/h3-5,7,17H,6H2,1-2H3. The predicted octanol–water partition coefficient (Wildman–Crippen LogP) is 3.18. The molecule has 2 rings (SSSR count). The average molecular weight is 269 g/mol. The highest BCUT2D eigenvalue weighted by Crippen LogP contribution is 2.28. The summed E-state index contributed by atoms with van der Waals surface area (Å²) >= 11 is 1.46. The molecule has 5 heteroatoms. The van der Waals surface area contributed by atoms with E-state index in [0.29, 0.717) is 5.69 Å². The largest absolute Gasteiger partial charge is 0.385 e. The maximum atomic E-state index is 13.7. The van der Waals surface area contributed by atoms with Gasteiger partial charge < -0.3 is 5.11 Å². The minimum Gasteiger partial charge on any atom is -0.385 e. The van der Waals surface area contributed by atoms with E-state index >= 15 is 0 Å². The Kier molecular flexibility index (Phi) is 3.45. The minimum atomic E-state index is -1.48. The van der Waals surface area contributed by atoms with Crippen LogP contribution in [-0.4, -0.2) is 10.1 Å². The average Bonchev–Trinajstić information content (AvgIpc) is 2.67. The van der Waals surface area contributed by atoms with Gasteiger partial charge in [0.2, 0.25) is 0 Å². The third-order valence-electron chi connectivity index (χ3n) is 2.72. The van der Waals surface area contributed by atoms with E-state index in [1.807, 2.05) is 6.92 Å². The SMILES string of the molecule is Cc1nc(CC(C)(O)c2cccc(F)c2F)cs1. The minimum absolute atomic E-state index is 0.0480. The number of hydrogen-bond acceptors (Lipinski definition) is 3. The molecule has 1 aromatic carbocycles. The van der Waals surface area contributed by atoms with Crippen LogP contribution in [0.3, 0.4) is 0 Å². The van der Waals surface area contributed by atoms with E-state index in [9.17, 15) is 13.9 Å². The molecule has 0 aliphatic rings. The van der Waals surface area contributed by atoms with Gasteiger partial charge in [-0.2, -0.15) is 0 Å². The molecule has 1 N–H and O–H groups in total. The highest BCUT2D eigenvalue weighted by Gasteiger charge is 2.29. The van der Waals surface area contributed by atoms with Crippen LogP contribution < -0.4 is 0 Å². The molecule has 0 amide bonds. The summed E-state index contributed by atoms with van der Waals surface area (Å²) in [6, 6.07) is 3.80. The molecule has 2 nitrogen and oxygen atoms in total. The van der Waals surface area contributed by atoms with Crippen LogP contribution in [0.1, 0.15) is 23.2 Å². The van der Waals surface area contributed by atoms with Crippen LogP contribution in [0.25, 0.3) is 0 Å². The van der Waals surface area contributed by atoms with Gasteiger partial charge in [0, 0.05) is 17.4 Å². The highest BCUT2D eigenvalue weighted by molar-refractivity contribution is 7.09. The second-order valence-electron chi connectivity index (χ2n) is 4.41. The van der Waals surface area contributed by atoms with Crippen molar-refractivity contribution in [2.45, 2.75) is 25.9 Å². The van der Waals surface area contributed by atoms with Crippen LogP contribution in [0.15, 0.2) is 23.6 Å². The van der Waals surface area contributed by atoms with Gasteiger partial charge in [-0.05, 0) is 19.9 Å². The quantitative estimate of drug-likeness (QED) is 0.928. The Morgan fingerprint density at radius 2 is 2.11 bits per heavy atom. The first kappa shape index (κ1) is 13.1. The Labute approximate surface area is 108 Å². The second-order valence-corrected chi connectivity index (χ2v) is 5.47. The first-order valence-electron chi connectivity index (χ1n) is 5.48. The van der Waals surface area contributed by atoms with Gasteiger partial charge >= 0.3 is 0 Å². The topological polar surface area (TPSA) is 33.1 Å². The van der Waals surface area contributed by atoms with Crippen LogP contribution in [-0.2, 0) is 12.0 Å². The first-order chi connectivity index (χ1) is 8.40. The van der Waals surface area contributed by atoms with E-state index in [2.05, 4.69) is 4.98 Å². The maximum absolute atomic E-state index is 13.7. The monoisotopic (exact) mass is 269 g/mol. The molecule has 0 aliphatic heterocycles. The molecule has 0 spiro atoms. The fraction of sp³-hybridized carbons (Fsp3) is 0.308. The van der Waals surface area contributed by atoms with E-state index in [1.165, 1.54) is 30.4 Å². The number of aliphatic hydroxyl groups is 1. The number of aryl methyl sites for hydroxylation is 1. The zero-order chi connectivity index (χ0) is 13.3. The number of aromatic nitrogens is 1. The Morgan fingerprint density at radius 3 is 2.72 bits per heavy atom. The zero-order valence-electron chi connectivity index (χ0n) is 10.1. The van der Waals surface area contributed by atoms with Crippen molar-refractivity contribution in [1.29, 1.82) is 0 Å². The molecule has 0 fully saturated rings. The first-order valence-corrected chi connectivity index (χ1v) is 6.36. The molecule has 2 aromatic rings. The lowest BCUT2D eigenvalue weighted by molar-refractivity contribution is 0.0521. The van der Waals surface area contributed by atoms with Gasteiger partial charge in [0.25, 0.3) is 0 Å². The second kappa shape index (κ2) is 4.74. The molecule has 0 aliphatic carbocycles. The van der Waals surface area contributed by atoms with E-state index in [0.717, 1.165) is 11.1 Å². The van der Waals surface area contributed by atoms with Gasteiger partial charge in [0.05, 0.1) is 16.3 Å². The molecule has 96 valence electrons. The summed E-state index contributed by atoms with van der Waals surface area (Å²) in [5.74, 6) is -1.96. The Hall–Kier alpha value is -1.33. The summed E-state index contributed by atoms with van der Waals surface area (Å²) in [6.07, 6.45) is 0.151. The molecular weight excluding hydrogens is 256 g/mol. The van der Waals surface area contributed by atoms with E-state index in [1.54, 1.807) is 5.38 Å². The zero-order valence-corrected chi connectivity index (χ0v) is 10.9. The smallest absolute Gasteiger partial charge is 0.164 e. The van der Waals surface area contributed by atoms with Crippen molar-refractivity contribution in [1.82, 2.24) is 4.98 Å². The molecule has 18 heavy (non-hydrogen) atoms. The van der Waals surface area contributed by atoms with Crippen molar-refractivity contribution in [2.24, 2.45) is 0 Å². The molecule has 1 heterocycles. The van der Waals surface area contributed by atoms with Crippen molar-refractivity contribution in [3.8, 4) is 0 Å². The summed E-state index contributed by atoms with van der Waals surface area (Å²) in [7, 11) is 0.